The minimum absolute atomic E-state index is 0.0654. The van der Waals surface area contributed by atoms with Gasteiger partial charge in [0, 0.05) is 15.6 Å². The lowest BCUT2D eigenvalue weighted by Crippen LogP contribution is -2.25. The number of aromatic nitrogens is 2. The van der Waals surface area contributed by atoms with Crippen LogP contribution < -0.4 is 10.9 Å². The molecule has 9 heteroatoms. The number of halogens is 1. The molecule has 0 aliphatic heterocycles. The third-order valence-electron chi connectivity index (χ3n) is 5.74. The van der Waals surface area contributed by atoms with Crippen LogP contribution in [0.1, 0.15) is 34.6 Å². The number of amides is 1. The molecule has 0 unspecified atom stereocenters. The summed E-state index contributed by atoms with van der Waals surface area (Å²) in [6.45, 7) is 2.19. The van der Waals surface area contributed by atoms with Gasteiger partial charge in [-0.3, -0.25) is 14.2 Å². The van der Waals surface area contributed by atoms with Crippen molar-refractivity contribution in [3.63, 3.8) is 0 Å². The van der Waals surface area contributed by atoms with E-state index in [0.717, 1.165) is 47.0 Å². The SMILES string of the molecule is Cc1ccc(Cl)cc1NC(=O)CSc1nc2sc3c(c2c(=O)n1Cc1ccco1)CCCC3. The monoisotopic (exact) mass is 499 g/mol. The number of nitrogens with zero attached hydrogens (tertiary/aromatic N) is 2. The Kier molecular flexibility index (Phi) is 6.32. The Morgan fingerprint density at radius 1 is 1.30 bits per heavy atom. The van der Waals surface area contributed by atoms with Crippen LogP contribution in [0.3, 0.4) is 0 Å². The molecule has 0 saturated heterocycles. The summed E-state index contributed by atoms with van der Waals surface area (Å²) in [5.74, 6) is 0.602. The highest BCUT2D eigenvalue weighted by atomic mass is 35.5. The van der Waals surface area contributed by atoms with Crippen molar-refractivity contribution in [3.8, 4) is 0 Å². The van der Waals surface area contributed by atoms with Crippen molar-refractivity contribution >= 4 is 56.5 Å². The average Bonchev–Trinajstić information content (AvgIpc) is 3.44. The summed E-state index contributed by atoms with van der Waals surface area (Å²) in [4.78, 5) is 33.1. The molecule has 1 N–H and O–H groups in total. The molecular weight excluding hydrogens is 478 g/mol. The molecular formula is C24H22ClN3O3S2. The maximum Gasteiger partial charge on any atom is 0.263 e. The van der Waals surface area contributed by atoms with Crippen LogP contribution >= 0.6 is 34.7 Å². The highest BCUT2D eigenvalue weighted by Crippen LogP contribution is 2.35. The number of aryl methyl sites for hydroxylation is 3. The largest absolute Gasteiger partial charge is 0.467 e. The first-order valence-electron chi connectivity index (χ1n) is 10.8. The zero-order valence-electron chi connectivity index (χ0n) is 18.0. The van der Waals surface area contributed by atoms with Crippen LogP contribution in [-0.2, 0) is 24.2 Å². The van der Waals surface area contributed by atoms with E-state index in [2.05, 4.69) is 5.32 Å². The van der Waals surface area contributed by atoms with E-state index in [0.29, 0.717) is 21.6 Å². The quantitative estimate of drug-likeness (QED) is 0.273. The molecule has 1 aromatic carbocycles. The number of rotatable bonds is 6. The van der Waals surface area contributed by atoms with Crippen molar-refractivity contribution in [2.75, 3.05) is 11.1 Å². The van der Waals surface area contributed by atoms with E-state index in [1.54, 1.807) is 40.4 Å². The molecule has 33 heavy (non-hydrogen) atoms. The Hall–Kier alpha value is -2.55. The van der Waals surface area contributed by atoms with Gasteiger partial charge in [0.05, 0.1) is 23.9 Å². The molecule has 1 aliphatic carbocycles. The van der Waals surface area contributed by atoms with E-state index in [9.17, 15) is 9.59 Å². The third-order valence-corrected chi connectivity index (χ3v) is 8.14. The second kappa shape index (κ2) is 9.37. The van der Waals surface area contributed by atoms with Gasteiger partial charge in [0.25, 0.3) is 5.56 Å². The van der Waals surface area contributed by atoms with E-state index in [-0.39, 0.29) is 23.8 Å². The summed E-state index contributed by atoms with van der Waals surface area (Å²) in [7, 11) is 0. The van der Waals surface area contributed by atoms with E-state index in [4.69, 9.17) is 21.0 Å². The molecule has 6 nitrogen and oxygen atoms in total. The lowest BCUT2D eigenvalue weighted by molar-refractivity contribution is -0.113. The van der Waals surface area contributed by atoms with Gasteiger partial charge in [0.15, 0.2) is 5.16 Å². The van der Waals surface area contributed by atoms with Crippen molar-refractivity contribution in [1.82, 2.24) is 9.55 Å². The van der Waals surface area contributed by atoms with E-state index >= 15 is 0 Å². The van der Waals surface area contributed by atoms with Gasteiger partial charge in [-0.15, -0.1) is 11.3 Å². The van der Waals surface area contributed by atoms with Crippen molar-refractivity contribution in [2.24, 2.45) is 0 Å². The minimum atomic E-state index is -0.185. The molecule has 3 aromatic heterocycles. The van der Waals surface area contributed by atoms with Crippen molar-refractivity contribution in [2.45, 2.75) is 44.3 Å². The van der Waals surface area contributed by atoms with E-state index in [1.165, 1.54) is 16.6 Å². The fraction of sp³-hybridized carbons (Fsp3) is 0.292. The number of thioether (sulfide) groups is 1. The number of hydrogen-bond donors (Lipinski definition) is 1. The van der Waals surface area contributed by atoms with Gasteiger partial charge in [-0.2, -0.15) is 0 Å². The van der Waals surface area contributed by atoms with Crippen LogP contribution in [-0.4, -0.2) is 21.2 Å². The summed E-state index contributed by atoms with van der Waals surface area (Å²) in [6, 6.07) is 9.01. The number of furan rings is 1. The molecule has 1 amide bonds. The first-order chi connectivity index (χ1) is 16.0. The summed E-state index contributed by atoms with van der Waals surface area (Å²) in [5.41, 5.74) is 2.69. The highest BCUT2D eigenvalue weighted by molar-refractivity contribution is 7.99. The minimum Gasteiger partial charge on any atom is -0.467 e. The second-order valence-electron chi connectivity index (χ2n) is 8.05. The van der Waals surface area contributed by atoms with Gasteiger partial charge in [-0.25, -0.2) is 4.98 Å². The van der Waals surface area contributed by atoms with Crippen LogP contribution in [0.25, 0.3) is 10.2 Å². The molecule has 5 rings (SSSR count). The van der Waals surface area contributed by atoms with Gasteiger partial charge in [-0.1, -0.05) is 29.4 Å². The molecule has 170 valence electrons. The first-order valence-corrected chi connectivity index (χ1v) is 12.9. The maximum absolute atomic E-state index is 13.6. The van der Waals surface area contributed by atoms with Crippen LogP contribution in [0.15, 0.2) is 51.0 Å². The fourth-order valence-electron chi connectivity index (χ4n) is 4.07. The number of benzene rings is 1. The number of carbonyl (C=O) groups is 1. The Bertz CT molecular complexity index is 1390. The van der Waals surface area contributed by atoms with Gasteiger partial charge < -0.3 is 9.73 Å². The molecule has 1 aliphatic rings. The smallest absolute Gasteiger partial charge is 0.263 e. The fourth-order valence-corrected chi connectivity index (χ4v) is 6.35. The van der Waals surface area contributed by atoms with Crippen molar-refractivity contribution < 1.29 is 9.21 Å². The second-order valence-corrected chi connectivity index (χ2v) is 10.5. The predicted octanol–water partition coefficient (Wildman–Crippen LogP) is 5.67. The summed E-state index contributed by atoms with van der Waals surface area (Å²) in [5, 5.41) is 4.70. The predicted molar refractivity (Wildman–Crippen MR) is 134 cm³/mol. The molecule has 0 radical (unpaired) electrons. The van der Waals surface area contributed by atoms with Gasteiger partial charge >= 0.3 is 0 Å². The number of nitrogens with one attached hydrogen (secondary N) is 1. The number of thiophene rings is 1. The standard InChI is InChI=1S/C24H22ClN3O3S2/c1-14-8-9-15(25)11-18(14)26-20(29)13-32-24-27-22-21(17-6-2-3-7-19(17)33-22)23(30)28(24)12-16-5-4-10-31-16/h4-5,8-11H,2-3,6-7,12-13H2,1H3,(H,26,29). The Balaban J connectivity index is 1.46. The molecule has 0 atom stereocenters. The van der Waals surface area contributed by atoms with Crippen LogP contribution in [0.4, 0.5) is 5.69 Å². The zero-order valence-corrected chi connectivity index (χ0v) is 20.4. The summed E-state index contributed by atoms with van der Waals surface area (Å²) in [6.07, 6.45) is 5.74. The Morgan fingerprint density at radius 2 is 2.15 bits per heavy atom. The first kappa shape index (κ1) is 22.3. The lowest BCUT2D eigenvalue weighted by atomic mass is 9.97. The highest BCUT2D eigenvalue weighted by Gasteiger charge is 2.23. The Labute approximate surface area is 204 Å². The lowest BCUT2D eigenvalue weighted by Gasteiger charge is -2.13. The normalized spacial score (nSPS) is 13.3. The number of hydrogen-bond acceptors (Lipinski definition) is 6. The number of carbonyl (C=O) groups excluding carboxylic acids is 1. The van der Waals surface area contributed by atoms with Gasteiger partial charge in [0.2, 0.25) is 5.91 Å². The number of anilines is 1. The maximum atomic E-state index is 13.6. The number of fused-ring (bicyclic) bond motifs is 3. The van der Waals surface area contributed by atoms with Crippen molar-refractivity contribution in [3.05, 3.63) is 73.7 Å². The van der Waals surface area contributed by atoms with E-state index in [1.807, 2.05) is 19.1 Å². The molecule has 0 fully saturated rings. The van der Waals surface area contributed by atoms with Crippen molar-refractivity contribution in [1.29, 1.82) is 0 Å². The molecule has 3 heterocycles. The average molecular weight is 500 g/mol. The summed E-state index contributed by atoms with van der Waals surface area (Å²) >= 11 is 8.93. The van der Waals surface area contributed by atoms with E-state index < -0.39 is 0 Å². The zero-order chi connectivity index (χ0) is 22.9. The molecule has 0 bridgehead atoms. The molecule has 0 spiro atoms. The Morgan fingerprint density at radius 3 is 2.97 bits per heavy atom. The summed E-state index contributed by atoms with van der Waals surface area (Å²) < 4.78 is 7.13. The van der Waals surface area contributed by atoms with Gasteiger partial charge in [0.1, 0.15) is 10.6 Å². The molecule has 0 saturated carbocycles. The molecule has 4 aromatic rings. The third kappa shape index (κ3) is 4.60. The van der Waals surface area contributed by atoms with Gasteiger partial charge in [-0.05, 0) is 68.0 Å². The van der Waals surface area contributed by atoms with Crippen LogP contribution in [0.5, 0.6) is 0 Å². The van der Waals surface area contributed by atoms with Crippen LogP contribution in [0, 0.1) is 6.92 Å². The van der Waals surface area contributed by atoms with Crippen LogP contribution in [0.2, 0.25) is 5.02 Å². The topological polar surface area (TPSA) is 77.1 Å².